The fourth-order valence-electron chi connectivity index (χ4n) is 1.03. The molecule has 0 aliphatic carbocycles. The number of amides is 3. The van der Waals surface area contributed by atoms with Crippen LogP contribution < -0.4 is 16.0 Å². The molecule has 0 aromatic carbocycles. The van der Waals surface area contributed by atoms with Crippen LogP contribution in [0.5, 0.6) is 0 Å². The number of nitrogens with one attached hydrogen (secondary N) is 3. The molecule has 0 heterocycles. The molecular formula is C11H21N3O4. The van der Waals surface area contributed by atoms with Gasteiger partial charge in [0.15, 0.2) is 0 Å². The molecule has 2 unspecified atom stereocenters. The van der Waals surface area contributed by atoms with Crippen LogP contribution in [0.15, 0.2) is 0 Å². The van der Waals surface area contributed by atoms with E-state index in [4.69, 9.17) is 4.74 Å². The van der Waals surface area contributed by atoms with Crippen molar-refractivity contribution in [2.45, 2.75) is 52.4 Å². The van der Waals surface area contributed by atoms with Crippen LogP contribution >= 0.6 is 0 Å². The van der Waals surface area contributed by atoms with E-state index >= 15 is 0 Å². The number of hydrogen-bond acceptors (Lipinski definition) is 4. The zero-order valence-corrected chi connectivity index (χ0v) is 11.4. The van der Waals surface area contributed by atoms with Crippen LogP contribution in [0.4, 0.5) is 4.79 Å². The Kier molecular flexibility index (Phi) is 6.15. The largest absolute Gasteiger partial charge is 0.444 e. The van der Waals surface area contributed by atoms with E-state index in [2.05, 4.69) is 16.0 Å². The Labute approximate surface area is 107 Å². The maximum absolute atomic E-state index is 11.6. The monoisotopic (exact) mass is 259 g/mol. The van der Waals surface area contributed by atoms with Gasteiger partial charge in [0.25, 0.3) is 0 Å². The molecule has 0 aromatic rings. The van der Waals surface area contributed by atoms with Gasteiger partial charge in [-0.25, -0.2) is 4.79 Å². The Morgan fingerprint density at radius 3 is 2.17 bits per heavy atom. The highest BCUT2D eigenvalue weighted by molar-refractivity contribution is 5.85. The van der Waals surface area contributed by atoms with Gasteiger partial charge in [-0.2, -0.15) is 0 Å². The summed E-state index contributed by atoms with van der Waals surface area (Å²) in [5.41, 5.74) is -0.618. The number of rotatable bonds is 5. The fourth-order valence-corrected chi connectivity index (χ4v) is 1.03. The van der Waals surface area contributed by atoms with Gasteiger partial charge in [-0.05, 0) is 34.6 Å². The van der Waals surface area contributed by atoms with Crippen LogP contribution in [0.25, 0.3) is 0 Å². The summed E-state index contributed by atoms with van der Waals surface area (Å²) in [6, 6.07) is -0.754. The summed E-state index contributed by atoms with van der Waals surface area (Å²) in [4.78, 5) is 33.1. The third-order valence-electron chi connectivity index (χ3n) is 1.80. The lowest BCUT2D eigenvalue weighted by Gasteiger charge is -2.22. The molecule has 0 rings (SSSR count). The normalized spacial score (nSPS) is 14.1. The standard InChI is InChI=1S/C11H21N3O4/c1-7(9(16)14-8(2)12-6-15)13-10(17)18-11(3,4)5/h6-8H,1-5H3,(H,12,15)(H,13,17)(H,14,16). The quantitative estimate of drug-likeness (QED) is 0.482. The smallest absolute Gasteiger partial charge is 0.408 e. The van der Waals surface area contributed by atoms with E-state index in [1.807, 2.05) is 0 Å². The van der Waals surface area contributed by atoms with Gasteiger partial charge < -0.3 is 20.7 Å². The number of alkyl carbamates (subject to hydrolysis) is 1. The predicted molar refractivity (Wildman–Crippen MR) is 65.6 cm³/mol. The first-order valence-electron chi connectivity index (χ1n) is 5.65. The molecule has 0 aliphatic rings. The van der Waals surface area contributed by atoms with Crippen molar-refractivity contribution in [3.05, 3.63) is 0 Å². The molecule has 0 bridgehead atoms. The van der Waals surface area contributed by atoms with Gasteiger partial charge >= 0.3 is 6.09 Å². The lowest BCUT2D eigenvalue weighted by molar-refractivity contribution is -0.123. The van der Waals surface area contributed by atoms with Gasteiger partial charge in [-0.1, -0.05) is 0 Å². The second-order valence-corrected chi connectivity index (χ2v) is 4.88. The van der Waals surface area contributed by atoms with E-state index in [1.165, 1.54) is 6.92 Å². The summed E-state index contributed by atoms with van der Waals surface area (Å²) in [6.07, 6.45) is -0.685. The number of carbonyl (C=O) groups is 3. The summed E-state index contributed by atoms with van der Waals surface area (Å²) < 4.78 is 5.01. The Hall–Kier alpha value is -1.79. The second kappa shape index (κ2) is 6.83. The molecule has 7 heteroatoms. The highest BCUT2D eigenvalue weighted by Crippen LogP contribution is 2.06. The van der Waals surface area contributed by atoms with Crippen molar-refractivity contribution in [1.29, 1.82) is 0 Å². The molecule has 104 valence electrons. The van der Waals surface area contributed by atoms with Crippen LogP contribution in [-0.4, -0.2) is 36.2 Å². The molecule has 0 radical (unpaired) electrons. The van der Waals surface area contributed by atoms with E-state index in [0.717, 1.165) is 0 Å². The summed E-state index contributed by atoms with van der Waals surface area (Å²) >= 11 is 0. The average Bonchev–Trinajstić information content (AvgIpc) is 2.14. The minimum Gasteiger partial charge on any atom is -0.444 e. The molecule has 0 aromatic heterocycles. The summed E-state index contributed by atoms with van der Waals surface area (Å²) in [5, 5.41) is 7.26. The summed E-state index contributed by atoms with van der Waals surface area (Å²) in [6.45, 7) is 8.31. The third-order valence-corrected chi connectivity index (χ3v) is 1.80. The Morgan fingerprint density at radius 1 is 1.17 bits per heavy atom. The SMILES string of the molecule is CC(NC=O)NC(=O)C(C)NC(=O)OC(C)(C)C. The van der Waals surface area contributed by atoms with Gasteiger partial charge in [0.2, 0.25) is 12.3 Å². The Balaban J connectivity index is 4.15. The van der Waals surface area contributed by atoms with Gasteiger partial charge in [-0.15, -0.1) is 0 Å². The van der Waals surface area contributed by atoms with Crippen molar-refractivity contribution in [2.75, 3.05) is 0 Å². The Bertz CT molecular complexity index is 312. The average molecular weight is 259 g/mol. The molecular weight excluding hydrogens is 238 g/mol. The van der Waals surface area contributed by atoms with E-state index in [0.29, 0.717) is 6.41 Å². The van der Waals surface area contributed by atoms with Crippen molar-refractivity contribution >= 4 is 18.4 Å². The maximum Gasteiger partial charge on any atom is 0.408 e. The number of hydrogen-bond donors (Lipinski definition) is 3. The summed E-state index contributed by atoms with van der Waals surface area (Å²) in [5.74, 6) is -0.414. The van der Waals surface area contributed by atoms with Crippen molar-refractivity contribution in [2.24, 2.45) is 0 Å². The van der Waals surface area contributed by atoms with E-state index in [1.54, 1.807) is 27.7 Å². The van der Waals surface area contributed by atoms with Crippen molar-refractivity contribution < 1.29 is 19.1 Å². The van der Waals surface area contributed by atoms with Crippen molar-refractivity contribution in [3.63, 3.8) is 0 Å². The van der Waals surface area contributed by atoms with Crippen LogP contribution in [0.3, 0.4) is 0 Å². The van der Waals surface area contributed by atoms with Crippen LogP contribution in [-0.2, 0) is 14.3 Å². The summed E-state index contributed by atoms with van der Waals surface area (Å²) in [7, 11) is 0. The van der Waals surface area contributed by atoms with Crippen molar-refractivity contribution in [1.82, 2.24) is 16.0 Å². The first kappa shape index (κ1) is 16.2. The van der Waals surface area contributed by atoms with E-state index < -0.39 is 29.8 Å². The van der Waals surface area contributed by atoms with Crippen LogP contribution in [0, 0.1) is 0 Å². The first-order chi connectivity index (χ1) is 8.15. The van der Waals surface area contributed by atoms with Gasteiger partial charge in [0.05, 0.1) is 6.17 Å². The molecule has 0 aliphatic heterocycles. The second-order valence-electron chi connectivity index (χ2n) is 4.88. The minimum absolute atomic E-state index is 0.414. The fraction of sp³-hybridized carbons (Fsp3) is 0.727. The zero-order valence-electron chi connectivity index (χ0n) is 11.4. The molecule has 0 saturated heterocycles. The maximum atomic E-state index is 11.6. The highest BCUT2D eigenvalue weighted by Gasteiger charge is 2.21. The van der Waals surface area contributed by atoms with Crippen LogP contribution in [0.1, 0.15) is 34.6 Å². The molecule has 0 saturated carbocycles. The molecule has 3 N–H and O–H groups in total. The van der Waals surface area contributed by atoms with Gasteiger partial charge in [-0.3, -0.25) is 9.59 Å². The lowest BCUT2D eigenvalue weighted by atomic mass is 10.2. The topological polar surface area (TPSA) is 96.5 Å². The molecule has 0 spiro atoms. The highest BCUT2D eigenvalue weighted by atomic mass is 16.6. The molecule has 2 atom stereocenters. The third kappa shape index (κ3) is 7.48. The number of ether oxygens (including phenoxy) is 1. The van der Waals surface area contributed by atoms with Crippen molar-refractivity contribution in [3.8, 4) is 0 Å². The first-order valence-corrected chi connectivity index (χ1v) is 5.65. The van der Waals surface area contributed by atoms with Gasteiger partial charge in [0.1, 0.15) is 11.6 Å². The molecule has 3 amide bonds. The molecule has 18 heavy (non-hydrogen) atoms. The van der Waals surface area contributed by atoms with E-state index in [-0.39, 0.29) is 0 Å². The zero-order chi connectivity index (χ0) is 14.3. The minimum atomic E-state index is -0.754. The molecule has 0 fully saturated rings. The lowest BCUT2D eigenvalue weighted by Crippen LogP contribution is -2.51. The molecule has 7 nitrogen and oxygen atoms in total. The Morgan fingerprint density at radius 2 is 1.72 bits per heavy atom. The van der Waals surface area contributed by atoms with Crippen LogP contribution in [0.2, 0.25) is 0 Å². The number of carbonyl (C=O) groups excluding carboxylic acids is 3. The van der Waals surface area contributed by atoms with E-state index in [9.17, 15) is 14.4 Å². The van der Waals surface area contributed by atoms with Gasteiger partial charge in [0, 0.05) is 0 Å². The predicted octanol–water partition coefficient (Wildman–Crippen LogP) is 0.108.